The van der Waals surface area contributed by atoms with Gasteiger partial charge in [-0.25, -0.2) is 5.43 Å². The first-order valence-electron chi connectivity index (χ1n) is 11.8. The van der Waals surface area contributed by atoms with Crippen LogP contribution in [-0.4, -0.2) is 38.3 Å². The molecule has 1 heterocycles. The van der Waals surface area contributed by atoms with Crippen LogP contribution in [0.25, 0.3) is 0 Å². The van der Waals surface area contributed by atoms with Crippen molar-refractivity contribution < 1.29 is 23.5 Å². The van der Waals surface area contributed by atoms with E-state index in [1.54, 1.807) is 26.4 Å². The Bertz CT molecular complexity index is 1370. The predicted octanol–water partition coefficient (Wildman–Crippen LogP) is 5.35. The summed E-state index contributed by atoms with van der Waals surface area (Å²) >= 11 is 12.0. The number of nitrogens with one attached hydrogen (secondary N) is 2. The van der Waals surface area contributed by atoms with Crippen LogP contribution in [0.15, 0.2) is 45.9 Å². The molecule has 0 saturated carbocycles. The topological polar surface area (TPSA) is 102 Å². The molecule has 0 spiro atoms. The molecule has 4 rings (SSSR count). The Morgan fingerprint density at radius 1 is 1.03 bits per heavy atom. The normalized spacial score (nSPS) is 13.7. The second-order valence-corrected chi connectivity index (χ2v) is 9.37. The number of nitrogens with zero attached hydrogens (tertiary/aromatic N) is 1. The van der Waals surface area contributed by atoms with Crippen LogP contribution in [0.3, 0.4) is 0 Å². The first-order valence-corrected chi connectivity index (χ1v) is 12.5. The predicted molar refractivity (Wildman–Crippen MR) is 142 cm³/mol. The molecule has 37 heavy (non-hydrogen) atoms. The maximum Gasteiger partial charge on any atom is 0.287 e. The summed E-state index contributed by atoms with van der Waals surface area (Å²) in [7, 11) is 3.17. The lowest BCUT2D eigenvalue weighted by Crippen LogP contribution is -2.26. The number of carbonyl (C=O) groups excluding carboxylic acids is 2. The zero-order chi connectivity index (χ0) is 26.5. The minimum atomic E-state index is -0.449. The van der Waals surface area contributed by atoms with Crippen LogP contribution < -0.4 is 20.2 Å². The number of aryl methyl sites for hydroxylation is 1. The molecule has 3 aromatic rings. The molecule has 0 saturated heterocycles. The molecule has 0 bridgehead atoms. The lowest BCUT2D eigenvalue weighted by molar-refractivity contribution is 0.0922. The summed E-state index contributed by atoms with van der Waals surface area (Å²) in [6, 6.07) is 10.3. The van der Waals surface area contributed by atoms with E-state index in [-0.39, 0.29) is 22.3 Å². The molecule has 1 aromatic heterocycles. The van der Waals surface area contributed by atoms with Gasteiger partial charge in [-0.3, -0.25) is 9.59 Å². The highest BCUT2D eigenvalue weighted by Gasteiger charge is 2.28. The smallest absolute Gasteiger partial charge is 0.287 e. The van der Waals surface area contributed by atoms with Gasteiger partial charge >= 0.3 is 0 Å². The average Bonchev–Trinajstić information content (AvgIpc) is 3.24. The zero-order valence-electron chi connectivity index (χ0n) is 20.7. The number of hydrogen-bond acceptors (Lipinski definition) is 6. The minimum absolute atomic E-state index is 0.237. The number of carbonyl (C=O) groups is 2. The minimum Gasteiger partial charge on any atom is -0.493 e. The lowest BCUT2D eigenvalue weighted by atomic mass is 9.93. The van der Waals surface area contributed by atoms with Crippen molar-refractivity contribution in [2.75, 3.05) is 20.8 Å². The number of hydrazone groups is 1. The van der Waals surface area contributed by atoms with Gasteiger partial charge in [0.25, 0.3) is 11.8 Å². The first kappa shape index (κ1) is 26.6. The average molecular weight is 544 g/mol. The molecule has 10 heteroatoms. The van der Waals surface area contributed by atoms with Crippen LogP contribution in [0.5, 0.6) is 11.5 Å². The Balaban J connectivity index is 1.44. The summed E-state index contributed by atoms with van der Waals surface area (Å²) in [5.41, 5.74) is 5.94. The Morgan fingerprint density at radius 2 is 1.81 bits per heavy atom. The highest BCUT2D eigenvalue weighted by Crippen LogP contribution is 2.30. The van der Waals surface area contributed by atoms with E-state index in [0.717, 1.165) is 17.5 Å². The van der Waals surface area contributed by atoms with E-state index in [1.807, 2.05) is 25.1 Å². The molecule has 0 unspecified atom stereocenters. The molecule has 194 valence electrons. The number of halogens is 2. The van der Waals surface area contributed by atoms with Gasteiger partial charge < -0.3 is 19.2 Å². The highest BCUT2D eigenvalue weighted by atomic mass is 35.5. The zero-order valence-corrected chi connectivity index (χ0v) is 22.3. The van der Waals surface area contributed by atoms with E-state index in [2.05, 4.69) is 15.8 Å². The molecule has 8 nitrogen and oxygen atoms in total. The van der Waals surface area contributed by atoms with Crippen molar-refractivity contribution in [1.82, 2.24) is 10.7 Å². The van der Waals surface area contributed by atoms with Crippen molar-refractivity contribution in [3.05, 3.63) is 80.2 Å². The number of methoxy groups -OCH3 is 2. The molecular formula is C27H27Cl2N3O5. The number of ether oxygens (including phenoxy) is 2. The van der Waals surface area contributed by atoms with Crippen molar-refractivity contribution >= 4 is 40.7 Å². The van der Waals surface area contributed by atoms with Crippen LogP contribution >= 0.6 is 23.2 Å². The van der Waals surface area contributed by atoms with Gasteiger partial charge in [-0.15, -0.1) is 0 Å². The Morgan fingerprint density at radius 3 is 2.54 bits per heavy atom. The molecule has 2 N–H and O–H groups in total. The van der Waals surface area contributed by atoms with Gasteiger partial charge in [0.2, 0.25) is 0 Å². The van der Waals surface area contributed by atoms with Crippen molar-refractivity contribution in [3.63, 3.8) is 0 Å². The summed E-state index contributed by atoms with van der Waals surface area (Å²) in [6.07, 6.45) is 2.72. The summed E-state index contributed by atoms with van der Waals surface area (Å²) < 4.78 is 16.5. The van der Waals surface area contributed by atoms with E-state index >= 15 is 0 Å². The fourth-order valence-corrected chi connectivity index (χ4v) is 4.78. The fourth-order valence-electron chi connectivity index (χ4n) is 4.29. The van der Waals surface area contributed by atoms with Crippen molar-refractivity contribution in [1.29, 1.82) is 0 Å². The van der Waals surface area contributed by atoms with Gasteiger partial charge in [-0.05, 0) is 62.1 Å². The van der Waals surface area contributed by atoms with Crippen LogP contribution in [0.2, 0.25) is 10.0 Å². The fraction of sp³-hybridized carbons (Fsp3) is 0.296. The Hall–Kier alpha value is -3.49. The summed E-state index contributed by atoms with van der Waals surface area (Å²) in [5, 5.41) is 7.94. The van der Waals surface area contributed by atoms with Gasteiger partial charge in [0.1, 0.15) is 5.76 Å². The van der Waals surface area contributed by atoms with Crippen LogP contribution in [0, 0.1) is 6.92 Å². The van der Waals surface area contributed by atoms with Gasteiger partial charge in [0, 0.05) is 29.1 Å². The van der Waals surface area contributed by atoms with Crippen molar-refractivity contribution in [3.8, 4) is 11.5 Å². The molecule has 0 atom stereocenters. The quantitative estimate of drug-likeness (QED) is 0.372. The van der Waals surface area contributed by atoms with E-state index < -0.39 is 5.91 Å². The third-order valence-corrected chi connectivity index (χ3v) is 6.70. The van der Waals surface area contributed by atoms with Gasteiger partial charge in [-0.1, -0.05) is 29.3 Å². The number of amides is 2. The standard InChI is InChI=1S/C27H27Cl2N3O5/c1-15-24-20(31-32-26(33)18-9-8-17(28)14-19(18)29)5-4-6-22(24)37-25(15)27(34)30-12-11-16-7-10-21(35-2)23(13-16)36-3/h7-10,13-14H,4-6,11-12H2,1-3H3,(H,30,34)(H,32,33)/b31-20+. The summed E-state index contributed by atoms with van der Waals surface area (Å²) in [4.78, 5) is 25.5. The second-order valence-electron chi connectivity index (χ2n) is 8.53. The third-order valence-electron chi connectivity index (χ3n) is 6.15. The van der Waals surface area contributed by atoms with Crippen molar-refractivity contribution in [2.24, 2.45) is 5.10 Å². The van der Waals surface area contributed by atoms with Gasteiger partial charge in [0.05, 0.1) is 30.5 Å². The number of fused-ring (bicyclic) bond motifs is 1. The van der Waals surface area contributed by atoms with Crippen LogP contribution in [0.4, 0.5) is 0 Å². The molecule has 2 aromatic carbocycles. The first-order chi connectivity index (χ1) is 17.8. The molecular weight excluding hydrogens is 517 g/mol. The molecule has 1 aliphatic carbocycles. The number of benzene rings is 2. The van der Waals surface area contributed by atoms with Crippen LogP contribution in [0.1, 0.15) is 56.2 Å². The maximum absolute atomic E-state index is 12.9. The highest BCUT2D eigenvalue weighted by molar-refractivity contribution is 6.36. The molecule has 0 fully saturated rings. The van der Waals surface area contributed by atoms with E-state index in [4.69, 9.17) is 37.1 Å². The SMILES string of the molecule is COc1ccc(CCNC(=O)c2oc3c(c2C)/C(=N/NC(=O)c2ccc(Cl)cc2Cl)CCC3)cc1OC. The van der Waals surface area contributed by atoms with E-state index in [0.29, 0.717) is 59.4 Å². The monoisotopic (exact) mass is 543 g/mol. The number of furan rings is 1. The maximum atomic E-state index is 12.9. The molecule has 2 amide bonds. The second kappa shape index (κ2) is 11.7. The van der Waals surface area contributed by atoms with Crippen molar-refractivity contribution in [2.45, 2.75) is 32.6 Å². The van der Waals surface area contributed by atoms with Gasteiger partial charge in [-0.2, -0.15) is 5.10 Å². The third kappa shape index (κ3) is 5.92. The largest absolute Gasteiger partial charge is 0.493 e. The number of hydrogen-bond donors (Lipinski definition) is 2. The van der Waals surface area contributed by atoms with E-state index in [1.165, 1.54) is 6.07 Å². The van der Waals surface area contributed by atoms with Crippen LogP contribution in [-0.2, 0) is 12.8 Å². The summed E-state index contributed by atoms with van der Waals surface area (Å²) in [5.74, 6) is 1.47. The Labute approximate surface area is 224 Å². The summed E-state index contributed by atoms with van der Waals surface area (Å²) in [6.45, 7) is 2.24. The van der Waals surface area contributed by atoms with E-state index in [9.17, 15) is 9.59 Å². The molecule has 1 aliphatic rings. The number of rotatable bonds is 8. The lowest BCUT2D eigenvalue weighted by Gasteiger charge is -2.13. The van der Waals surface area contributed by atoms with Gasteiger partial charge in [0.15, 0.2) is 17.3 Å². The molecule has 0 aliphatic heterocycles. The Kier molecular flexibility index (Phi) is 8.41. The molecule has 0 radical (unpaired) electrons.